The van der Waals surface area contributed by atoms with E-state index in [0.717, 1.165) is 10.6 Å². The minimum absolute atomic E-state index is 0.0166. The SMILES string of the molecule is O=C1CCC(COC(=O)c2csc(Cc3cccc(F)c3)n2)N1. The summed E-state index contributed by atoms with van der Waals surface area (Å²) < 4.78 is 18.3. The summed E-state index contributed by atoms with van der Waals surface area (Å²) in [4.78, 5) is 27.3. The van der Waals surface area contributed by atoms with E-state index in [4.69, 9.17) is 4.74 Å². The van der Waals surface area contributed by atoms with Crippen LogP contribution in [0.3, 0.4) is 0 Å². The van der Waals surface area contributed by atoms with Crippen molar-refractivity contribution in [2.24, 2.45) is 0 Å². The Morgan fingerprint density at radius 2 is 2.35 bits per heavy atom. The molecule has 1 saturated heterocycles. The molecule has 1 aliphatic rings. The second-order valence-electron chi connectivity index (χ2n) is 5.33. The van der Waals surface area contributed by atoms with E-state index in [9.17, 15) is 14.0 Å². The molecule has 0 aliphatic carbocycles. The van der Waals surface area contributed by atoms with E-state index in [0.29, 0.717) is 19.3 Å². The molecule has 3 rings (SSSR count). The lowest BCUT2D eigenvalue weighted by atomic mass is 10.1. The van der Waals surface area contributed by atoms with Gasteiger partial charge in [0.05, 0.1) is 11.0 Å². The van der Waals surface area contributed by atoms with Crippen LogP contribution in [0.4, 0.5) is 4.39 Å². The van der Waals surface area contributed by atoms with Crippen LogP contribution in [0.5, 0.6) is 0 Å². The van der Waals surface area contributed by atoms with Crippen molar-refractivity contribution in [1.29, 1.82) is 0 Å². The first-order chi connectivity index (χ1) is 11.1. The van der Waals surface area contributed by atoms with Crippen LogP contribution in [0.25, 0.3) is 0 Å². The highest BCUT2D eigenvalue weighted by Crippen LogP contribution is 2.16. The standard InChI is InChI=1S/C16H15FN2O3S/c17-11-3-1-2-10(6-11)7-15-19-13(9-23-15)16(21)22-8-12-4-5-14(20)18-12/h1-3,6,9,12H,4-5,7-8H2,(H,18,20). The topological polar surface area (TPSA) is 68.3 Å². The summed E-state index contributed by atoms with van der Waals surface area (Å²) in [6.45, 7) is 0.154. The maximum atomic E-state index is 13.2. The normalized spacial score (nSPS) is 17.1. The smallest absolute Gasteiger partial charge is 0.357 e. The van der Waals surface area contributed by atoms with Gasteiger partial charge in [-0.05, 0) is 24.1 Å². The molecule has 5 nitrogen and oxygen atoms in total. The maximum Gasteiger partial charge on any atom is 0.357 e. The molecule has 1 aromatic heterocycles. The fourth-order valence-corrected chi connectivity index (χ4v) is 3.16. The third-order valence-electron chi connectivity index (χ3n) is 3.51. The van der Waals surface area contributed by atoms with Crippen molar-refractivity contribution in [3.05, 3.63) is 51.7 Å². The van der Waals surface area contributed by atoms with Gasteiger partial charge in [-0.2, -0.15) is 0 Å². The average Bonchev–Trinajstić information content (AvgIpc) is 3.14. The third-order valence-corrected chi connectivity index (χ3v) is 4.35. The summed E-state index contributed by atoms with van der Waals surface area (Å²) in [5.41, 5.74) is 1.04. The van der Waals surface area contributed by atoms with Crippen molar-refractivity contribution in [1.82, 2.24) is 10.3 Å². The van der Waals surface area contributed by atoms with E-state index in [2.05, 4.69) is 10.3 Å². The number of hydrogen-bond acceptors (Lipinski definition) is 5. The minimum Gasteiger partial charge on any atom is -0.459 e. The molecule has 23 heavy (non-hydrogen) atoms. The molecule has 1 aliphatic heterocycles. The molecule has 1 amide bonds. The molecule has 7 heteroatoms. The van der Waals surface area contributed by atoms with Crippen LogP contribution >= 0.6 is 11.3 Å². The summed E-state index contributed by atoms with van der Waals surface area (Å²) in [6, 6.07) is 6.17. The largest absolute Gasteiger partial charge is 0.459 e. The Morgan fingerprint density at radius 1 is 1.48 bits per heavy atom. The number of halogens is 1. The molecule has 0 spiro atoms. The number of carbonyl (C=O) groups excluding carboxylic acids is 2. The zero-order valence-corrected chi connectivity index (χ0v) is 13.1. The molecule has 1 unspecified atom stereocenters. The molecule has 1 fully saturated rings. The number of rotatable bonds is 5. The molecule has 2 heterocycles. The Balaban J connectivity index is 1.55. The van der Waals surface area contributed by atoms with Crippen LogP contribution in [0.15, 0.2) is 29.6 Å². The van der Waals surface area contributed by atoms with Gasteiger partial charge in [0.15, 0.2) is 5.69 Å². The predicted molar refractivity (Wildman–Crippen MR) is 82.8 cm³/mol. The van der Waals surface area contributed by atoms with E-state index in [1.807, 2.05) is 6.07 Å². The molecule has 0 saturated carbocycles. The first-order valence-electron chi connectivity index (χ1n) is 7.25. The third kappa shape index (κ3) is 4.13. The van der Waals surface area contributed by atoms with E-state index < -0.39 is 5.97 Å². The average molecular weight is 334 g/mol. The Morgan fingerprint density at radius 3 is 3.09 bits per heavy atom. The van der Waals surface area contributed by atoms with Gasteiger partial charge in [0, 0.05) is 18.2 Å². The van der Waals surface area contributed by atoms with E-state index in [-0.39, 0.29) is 30.1 Å². The monoisotopic (exact) mass is 334 g/mol. The Kier molecular flexibility index (Phi) is 4.66. The number of thiazole rings is 1. The molecule has 120 valence electrons. The van der Waals surface area contributed by atoms with Gasteiger partial charge in [-0.25, -0.2) is 14.2 Å². The van der Waals surface area contributed by atoms with Crippen LogP contribution in [0, 0.1) is 5.82 Å². The quantitative estimate of drug-likeness (QED) is 0.852. The highest BCUT2D eigenvalue weighted by Gasteiger charge is 2.22. The lowest BCUT2D eigenvalue weighted by Crippen LogP contribution is -2.30. The van der Waals surface area contributed by atoms with Crippen LogP contribution in [-0.4, -0.2) is 29.5 Å². The predicted octanol–water partition coefficient (Wildman–Crippen LogP) is 2.31. The molecule has 1 aromatic carbocycles. The van der Waals surface area contributed by atoms with Crippen molar-refractivity contribution >= 4 is 23.2 Å². The first kappa shape index (κ1) is 15.6. The van der Waals surface area contributed by atoms with Crippen molar-refractivity contribution in [3.63, 3.8) is 0 Å². The molecule has 1 N–H and O–H groups in total. The molecule has 0 bridgehead atoms. The molecular formula is C16H15FN2O3S. The van der Waals surface area contributed by atoms with Crippen molar-refractivity contribution in [2.45, 2.75) is 25.3 Å². The second kappa shape index (κ2) is 6.87. The Hall–Kier alpha value is -2.28. The van der Waals surface area contributed by atoms with Crippen LogP contribution in [0.1, 0.15) is 33.9 Å². The summed E-state index contributed by atoms with van der Waals surface area (Å²) >= 11 is 1.33. The van der Waals surface area contributed by atoms with Gasteiger partial charge >= 0.3 is 5.97 Å². The number of nitrogens with one attached hydrogen (secondary N) is 1. The summed E-state index contributed by atoms with van der Waals surface area (Å²) in [5, 5.41) is 5.08. The number of hydrogen-bond donors (Lipinski definition) is 1. The molecular weight excluding hydrogens is 319 g/mol. The molecule has 0 radical (unpaired) electrons. The van der Waals surface area contributed by atoms with E-state index >= 15 is 0 Å². The van der Waals surface area contributed by atoms with Crippen LogP contribution in [-0.2, 0) is 16.0 Å². The zero-order valence-electron chi connectivity index (χ0n) is 12.3. The van der Waals surface area contributed by atoms with Crippen molar-refractivity contribution in [3.8, 4) is 0 Å². The van der Waals surface area contributed by atoms with Crippen molar-refractivity contribution in [2.75, 3.05) is 6.61 Å². The first-order valence-corrected chi connectivity index (χ1v) is 8.13. The fraction of sp³-hybridized carbons (Fsp3) is 0.312. The maximum absolute atomic E-state index is 13.2. The number of esters is 1. The fourth-order valence-electron chi connectivity index (χ4n) is 2.36. The number of benzene rings is 1. The summed E-state index contributed by atoms with van der Waals surface area (Å²) in [6.07, 6.45) is 1.61. The second-order valence-corrected chi connectivity index (χ2v) is 6.28. The number of nitrogens with zero attached hydrogens (tertiary/aromatic N) is 1. The minimum atomic E-state index is -0.507. The van der Waals surface area contributed by atoms with Crippen molar-refractivity contribution < 1.29 is 18.7 Å². The van der Waals surface area contributed by atoms with Gasteiger partial charge in [0.1, 0.15) is 12.4 Å². The van der Waals surface area contributed by atoms with Gasteiger partial charge in [-0.3, -0.25) is 4.79 Å². The van der Waals surface area contributed by atoms with Gasteiger partial charge < -0.3 is 10.1 Å². The van der Waals surface area contributed by atoms with Crippen LogP contribution < -0.4 is 5.32 Å². The summed E-state index contributed by atoms with van der Waals surface area (Å²) in [7, 11) is 0. The Bertz CT molecular complexity index is 732. The van der Waals surface area contributed by atoms with Gasteiger partial charge in [0.2, 0.25) is 5.91 Å². The number of ether oxygens (including phenoxy) is 1. The lowest BCUT2D eigenvalue weighted by Gasteiger charge is -2.09. The Labute approximate surface area is 136 Å². The number of amides is 1. The van der Waals surface area contributed by atoms with Gasteiger partial charge in [-0.1, -0.05) is 12.1 Å². The van der Waals surface area contributed by atoms with Gasteiger partial charge in [-0.15, -0.1) is 11.3 Å². The van der Waals surface area contributed by atoms with Crippen LogP contribution in [0.2, 0.25) is 0 Å². The highest BCUT2D eigenvalue weighted by atomic mass is 32.1. The van der Waals surface area contributed by atoms with E-state index in [1.165, 1.54) is 23.5 Å². The lowest BCUT2D eigenvalue weighted by molar-refractivity contribution is -0.119. The van der Waals surface area contributed by atoms with Gasteiger partial charge in [0.25, 0.3) is 0 Å². The number of carbonyl (C=O) groups is 2. The van der Waals surface area contributed by atoms with E-state index in [1.54, 1.807) is 11.4 Å². The summed E-state index contributed by atoms with van der Waals surface area (Å²) in [5.74, 6) is -0.817. The molecule has 2 aromatic rings. The molecule has 1 atom stereocenters. The highest BCUT2D eigenvalue weighted by molar-refractivity contribution is 7.09. The number of aromatic nitrogens is 1. The zero-order chi connectivity index (χ0) is 16.2.